The lowest BCUT2D eigenvalue weighted by Crippen LogP contribution is -2.32. The fraction of sp³-hybridized carbons (Fsp3) is 0.652. The highest BCUT2D eigenvalue weighted by Gasteiger charge is 2.21. The van der Waals surface area contributed by atoms with Crippen LogP contribution in [0.5, 0.6) is 0 Å². The first-order chi connectivity index (χ1) is 13.3. The second kappa shape index (κ2) is 10.5. The van der Waals surface area contributed by atoms with Crippen LogP contribution in [0.15, 0.2) is 24.3 Å². The molecule has 2 aromatic rings. The van der Waals surface area contributed by atoms with Gasteiger partial charge < -0.3 is 9.88 Å². The number of hydrogen-bond donors (Lipinski definition) is 1. The lowest BCUT2D eigenvalue weighted by Gasteiger charge is -2.20. The SMILES string of the molecule is CCCCCCCCn1c(CNC(=O)C2CCCCC2)nc2ccccc21. The van der Waals surface area contributed by atoms with Gasteiger partial charge in [-0.3, -0.25) is 4.79 Å². The zero-order chi connectivity index (χ0) is 18.9. The lowest BCUT2D eigenvalue weighted by molar-refractivity contribution is -0.126. The number of amides is 1. The second-order valence-corrected chi connectivity index (χ2v) is 7.99. The van der Waals surface area contributed by atoms with Gasteiger partial charge in [0, 0.05) is 12.5 Å². The quantitative estimate of drug-likeness (QED) is 0.555. The number of aromatic nitrogens is 2. The maximum Gasteiger partial charge on any atom is 0.223 e. The first kappa shape index (κ1) is 19.9. The van der Waals surface area contributed by atoms with Crippen LogP contribution in [0.3, 0.4) is 0 Å². The van der Waals surface area contributed by atoms with Gasteiger partial charge in [-0.2, -0.15) is 0 Å². The van der Waals surface area contributed by atoms with Crippen LogP contribution in [0.25, 0.3) is 11.0 Å². The van der Waals surface area contributed by atoms with E-state index < -0.39 is 0 Å². The second-order valence-electron chi connectivity index (χ2n) is 7.99. The minimum atomic E-state index is 0.204. The van der Waals surface area contributed by atoms with E-state index in [2.05, 4.69) is 35.0 Å². The van der Waals surface area contributed by atoms with Crippen molar-refractivity contribution in [3.63, 3.8) is 0 Å². The summed E-state index contributed by atoms with van der Waals surface area (Å²) in [5.74, 6) is 1.41. The van der Waals surface area contributed by atoms with E-state index in [1.165, 1.54) is 63.3 Å². The van der Waals surface area contributed by atoms with E-state index in [1.807, 2.05) is 6.07 Å². The number of aryl methyl sites for hydroxylation is 1. The average molecular weight is 370 g/mol. The van der Waals surface area contributed by atoms with Gasteiger partial charge in [-0.1, -0.05) is 70.4 Å². The molecular formula is C23H35N3O. The summed E-state index contributed by atoms with van der Waals surface area (Å²) in [6.45, 7) is 3.78. The number of benzene rings is 1. The molecule has 1 aromatic heterocycles. The molecule has 4 heteroatoms. The number of para-hydroxylation sites is 2. The van der Waals surface area contributed by atoms with E-state index in [4.69, 9.17) is 4.98 Å². The van der Waals surface area contributed by atoms with Crippen molar-refractivity contribution < 1.29 is 4.79 Å². The zero-order valence-electron chi connectivity index (χ0n) is 16.9. The Morgan fingerprint density at radius 2 is 1.81 bits per heavy atom. The molecule has 1 saturated carbocycles. The van der Waals surface area contributed by atoms with Crippen LogP contribution in [0, 0.1) is 5.92 Å². The van der Waals surface area contributed by atoms with E-state index in [1.54, 1.807) is 0 Å². The highest BCUT2D eigenvalue weighted by molar-refractivity contribution is 5.79. The molecule has 0 bridgehead atoms. The maximum absolute atomic E-state index is 12.5. The summed E-state index contributed by atoms with van der Waals surface area (Å²) < 4.78 is 2.32. The molecule has 148 valence electrons. The summed E-state index contributed by atoms with van der Waals surface area (Å²) in [5.41, 5.74) is 2.22. The molecule has 1 amide bonds. The van der Waals surface area contributed by atoms with Crippen LogP contribution in [0.4, 0.5) is 0 Å². The Bertz CT molecular complexity index is 715. The van der Waals surface area contributed by atoms with Gasteiger partial charge in [0.2, 0.25) is 5.91 Å². The molecule has 27 heavy (non-hydrogen) atoms. The number of hydrogen-bond acceptors (Lipinski definition) is 2. The van der Waals surface area contributed by atoms with Crippen molar-refractivity contribution in [3.05, 3.63) is 30.1 Å². The lowest BCUT2D eigenvalue weighted by atomic mass is 9.89. The summed E-state index contributed by atoms with van der Waals surface area (Å²) >= 11 is 0. The maximum atomic E-state index is 12.5. The van der Waals surface area contributed by atoms with Gasteiger partial charge in [0.1, 0.15) is 5.82 Å². The summed E-state index contributed by atoms with van der Waals surface area (Å²) in [6, 6.07) is 8.33. The smallest absolute Gasteiger partial charge is 0.223 e. The molecule has 1 aliphatic rings. The van der Waals surface area contributed by atoms with E-state index in [-0.39, 0.29) is 11.8 Å². The van der Waals surface area contributed by atoms with Gasteiger partial charge >= 0.3 is 0 Å². The molecule has 0 unspecified atom stereocenters. The van der Waals surface area contributed by atoms with Crippen molar-refractivity contribution in [1.29, 1.82) is 0 Å². The fourth-order valence-corrected chi connectivity index (χ4v) is 4.24. The van der Waals surface area contributed by atoms with Crippen LogP contribution >= 0.6 is 0 Å². The molecule has 3 rings (SSSR count). The van der Waals surface area contributed by atoms with E-state index in [0.717, 1.165) is 30.7 Å². The van der Waals surface area contributed by atoms with Gasteiger partial charge in [-0.25, -0.2) is 4.98 Å². The van der Waals surface area contributed by atoms with E-state index >= 15 is 0 Å². The van der Waals surface area contributed by atoms with Crippen LogP contribution in [-0.4, -0.2) is 15.5 Å². The highest BCUT2D eigenvalue weighted by Crippen LogP contribution is 2.24. The molecule has 0 atom stereocenters. The number of imidazole rings is 1. The summed E-state index contributed by atoms with van der Waals surface area (Å²) in [7, 11) is 0. The number of carbonyl (C=O) groups excluding carboxylic acids is 1. The minimum absolute atomic E-state index is 0.204. The predicted molar refractivity (Wildman–Crippen MR) is 112 cm³/mol. The summed E-state index contributed by atoms with van der Waals surface area (Å²) in [5, 5.41) is 3.17. The highest BCUT2D eigenvalue weighted by atomic mass is 16.1. The van der Waals surface area contributed by atoms with Crippen molar-refractivity contribution >= 4 is 16.9 Å². The van der Waals surface area contributed by atoms with Crippen molar-refractivity contribution in [2.24, 2.45) is 5.92 Å². The van der Waals surface area contributed by atoms with Crippen molar-refractivity contribution in [2.45, 2.75) is 90.6 Å². The number of rotatable bonds is 10. The molecule has 0 aliphatic heterocycles. The molecule has 0 spiro atoms. The Labute approximate surface area is 163 Å². The minimum Gasteiger partial charge on any atom is -0.349 e. The topological polar surface area (TPSA) is 46.9 Å². The first-order valence-electron chi connectivity index (χ1n) is 11.0. The third-order valence-electron chi connectivity index (χ3n) is 5.87. The molecule has 0 saturated heterocycles. The number of nitrogens with one attached hydrogen (secondary N) is 1. The Balaban J connectivity index is 1.60. The normalized spacial score (nSPS) is 15.3. The number of nitrogens with zero attached hydrogens (tertiary/aromatic N) is 2. The molecule has 1 heterocycles. The number of carbonyl (C=O) groups is 1. The van der Waals surface area contributed by atoms with Gasteiger partial charge in [-0.15, -0.1) is 0 Å². The largest absolute Gasteiger partial charge is 0.349 e. The van der Waals surface area contributed by atoms with Crippen LogP contribution in [0.1, 0.15) is 83.4 Å². The Hall–Kier alpha value is -1.84. The Morgan fingerprint density at radius 3 is 2.63 bits per heavy atom. The molecule has 0 radical (unpaired) electrons. The summed E-state index contributed by atoms with van der Waals surface area (Å²) in [6.07, 6.45) is 13.5. The average Bonchev–Trinajstić information content (AvgIpc) is 3.07. The molecule has 1 fully saturated rings. The third-order valence-corrected chi connectivity index (χ3v) is 5.87. The number of fused-ring (bicyclic) bond motifs is 1. The van der Waals surface area contributed by atoms with Crippen molar-refractivity contribution in [1.82, 2.24) is 14.9 Å². The summed E-state index contributed by atoms with van der Waals surface area (Å²) in [4.78, 5) is 17.3. The van der Waals surface area contributed by atoms with Crippen molar-refractivity contribution in [2.75, 3.05) is 0 Å². The van der Waals surface area contributed by atoms with Crippen LogP contribution < -0.4 is 5.32 Å². The molecule has 1 N–H and O–H groups in total. The molecule has 1 aromatic carbocycles. The first-order valence-corrected chi connectivity index (χ1v) is 11.0. The van der Waals surface area contributed by atoms with Gasteiger partial charge in [0.05, 0.1) is 17.6 Å². The van der Waals surface area contributed by atoms with Gasteiger partial charge in [0.15, 0.2) is 0 Å². The van der Waals surface area contributed by atoms with Crippen molar-refractivity contribution in [3.8, 4) is 0 Å². The number of unbranched alkanes of at least 4 members (excludes halogenated alkanes) is 5. The molecular weight excluding hydrogens is 334 g/mol. The molecule has 1 aliphatic carbocycles. The zero-order valence-corrected chi connectivity index (χ0v) is 16.9. The molecule has 4 nitrogen and oxygen atoms in total. The Kier molecular flexibility index (Phi) is 7.73. The Morgan fingerprint density at radius 1 is 1.07 bits per heavy atom. The fourth-order valence-electron chi connectivity index (χ4n) is 4.24. The monoisotopic (exact) mass is 369 g/mol. The van der Waals surface area contributed by atoms with E-state index in [9.17, 15) is 4.79 Å². The van der Waals surface area contributed by atoms with E-state index in [0.29, 0.717) is 6.54 Å². The van der Waals surface area contributed by atoms with Crippen LogP contribution in [0.2, 0.25) is 0 Å². The predicted octanol–water partition coefficient (Wildman–Crippen LogP) is 5.59. The standard InChI is InChI=1S/C23H35N3O/c1-2-3-4-5-6-12-17-26-21-16-11-10-15-20(21)25-22(26)18-24-23(27)19-13-8-7-9-14-19/h10-11,15-16,19H,2-9,12-14,17-18H2,1H3,(H,24,27). The van der Waals surface area contributed by atoms with Gasteiger partial charge in [0.25, 0.3) is 0 Å². The third kappa shape index (κ3) is 5.57. The van der Waals surface area contributed by atoms with Gasteiger partial charge in [-0.05, 0) is 31.4 Å². The van der Waals surface area contributed by atoms with Crippen LogP contribution in [-0.2, 0) is 17.9 Å².